The Bertz CT molecular complexity index is 2220. The van der Waals surface area contributed by atoms with Gasteiger partial charge in [0.1, 0.15) is 23.1 Å². The summed E-state index contributed by atoms with van der Waals surface area (Å²) in [5.41, 5.74) is 5.27. The van der Waals surface area contributed by atoms with Crippen molar-refractivity contribution in [2.45, 2.75) is 37.8 Å². The van der Waals surface area contributed by atoms with E-state index in [0.717, 1.165) is 33.8 Å². The second kappa shape index (κ2) is 16.1. The minimum Gasteiger partial charge on any atom is -0.497 e. The van der Waals surface area contributed by atoms with E-state index < -0.39 is 9.84 Å². The maximum Gasteiger partial charge on any atom is 0.229 e. The van der Waals surface area contributed by atoms with E-state index in [9.17, 15) is 8.42 Å². The summed E-state index contributed by atoms with van der Waals surface area (Å²) in [5, 5.41) is 3.39. The molecule has 272 valence electrons. The highest BCUT2D eigenvalue weighted by atomic mass is 32.2. The molecular weight excluding hydrogens is 691 g/mol. The predicted octanol–water partition coefficient (Wildman–Crippen LogP) is 7.17. The minimum absolute atomic E-state index is 0.129. The van der Waals surface area contributed by atoms with Gasteiger partial charge in [0.25, 0.3) is 0 Å². The molecular formula is C40H41N7O5S. The van der Waals surface area contributed by atoms with Crippen molar-refractivity contribution in [3.63, 3.8) is 0 Å². The molecule has 3 aromatic heterocycles. The summed E-state index contributed by atoms with van der Waals surface area (Å²) in [5.74, 6) is 3.88. The first-order chi connectivity index (χ1) is 25.5. The number of aryl methyl sites for hydroxylation is 1. The number of hydrogen-bond acceptors (Lipinski definition) is 12. The first-order valence-electron chi connectivity index (χ1n) is 16.8. The lowest BCUT2D eigenvalue weighted by molar-refractivity contribution is 0.398. The van der Waals surface area contributed by atoms with Crippen LogP contribution in [0.3, 0.4) is 0 Å². The van der Waals surface area contributed by atoms with Crippen LogP contribution in [-0.2, 0) is 22.9 Å². The van der Waals surface area contributed by atoms with Crippen molar-refractivity contribution in [2.75, 3.05) is 37.8 Å². The number of anilines is 3. The molecule has 1 N–H and O–H groups in total. The zero-order valence-corrected chi connectivity index (χ0v) is 31.3. The Labute approximate surface area is 309 Å². The molecule has 1 atom stereocenters. The number of methoxy groups -OCH3 is 3. The average Bonchev–Trinajstić information content (AvgIpc) is 3.18. The van der Waals surface area contributed by atoms with E-state index in [0.29, 0.717) is 53.6 Å². The van der Waals surface area contributed by atoms with Crippen molar-refractivity contribution >= 4 is 27.3 Å². The largest absolute Gasteiger partial charge is 0.497 e. The predicted molar refractivity (Wildman–Crippen MR) is 205 cm³/mol. The van der Waals surface area contributed by atoms with Crippen LogP contribution in [0.4, 0.5) is 17.5 Å². The summed E-state index contributed by atoms with van der Waals surface area (Å²) in [6, 6.07) is 28.4. The Morgan fingerprint density at radius 1 is 0.717 bits per heavy atom. The quantitative estimate of drug-likeness (QED) is 0.121. The molecule has 13 heteroatoms. The molecule has 6 rings (SSSR count). The number of rotatable bonds is 14. The molecule has 0 bridgehead atoms. The molecule has 12 nitrogen and oxygen atoms in total. The summed E-state index contributed by atoms with van der Waals surface area (Å²) >= 11 is 0. The number of aromatic nitrogens is 5. The van der Waals surface area contributed by atoms with E-state index in [1.165, 1.54) is 6.26 Å². The fourth-order valence-corrected chi connectivity index (χ4v) is 6.36. The lowest BCUT2D eigenvalue weighted by Crippen LogP contribution is -2.25. The van der Waals surface area contributed by atoms with Gasteiger partial charge >= 0.3 is 0 Å². The lowest BCUT2D eigenvalue weighted by atomic mass is 9.93. The maximum absolute atomic E-state index is 12.1. The number of nitrogens with zero attached hydrogens (tertiary/aromatic N) is 6. The van der Waals surface area contributed by atoms with Gasteiger partial charge in [-0.15, -0.1) is 0 Å². The monoisotopic (exact) mass is 731 g/mol. The number of nitrogens with one attached hydrogen (secondary N) is 1. The molecule has 1 unspecified atom stereocenters. The third-order valence-corrected chi connectivity index (χ3v) is 9.88. The summed E-state index contributed by atoms with van der Waals surface area (Å²) < 4.78 is 40.2. The molecule has 0 aliphatic heterocycles. The molecule has 0 aliphatic carbocycles. The molecule has 0 saturated heterocycles. The number of ether oxygens (including phenoxy) is 3. The highest BCUT2D eigenvalue weighted by Crippen LogP contribution is 2.33. The van der Waals surface area contributed by atoms with Gasteiger partial charge in [-0.25, -0.2) is 23.4 Å². The highest BCUT2D eigenvalue weighted by molar-refractivity contribution is 7.90. The fourth-order valence-electron chi connectivity index (χ4n) is 5.73. The Kier molecular flexibility index (Phi) is 11.1. The third kappa shape index (κ3) is 9.05. The zero-order valence-electron chi connectivity index (χ0n) is 30.4. The molecule has 3 aromatic carbocycles. The Hall–Kier alpha value is -6.08. The summed E-state index contributed by atoms with van der Waals surface area (Å²) in [7, 11) is 1.53. The van der Waals surface area contributed by atoms with Crippen LogP contribution in [-0.4, -0.2) is 60.9 Å². The van der Waals surface area contributed by atoms with Crippen LogP contribution in [0, 0.1) is 6.92 Å². The van der Waals surface area contributed by atoms with E-state index in [2.05, 4.69) is 15.2 Å². The summed E-state index contributed by atoms with van der Waals surface area (Å²) in [6.07, 6.45) is 4.66. The molecule has 3 heterocycles. The minimum atomic E-state index is -3.33. The summed E-state index contributed by atoms with van der Waals surface area (Å²) in [4.78, 5) is 26.3. The Morgan fingerprint density at radius 3 is 1.87 bits per heavy atom. The van der Waals surface area contributed by atoms with Gasteiger partial charge < -0.3 is 24.4 Å². The molecule has 0 radical (unpaired) electrons. The molecule has 0 spiro atoms. The first-order valence-corrected chi connectivity index (χ1v) is 18.7. The van der Waals surface area contributed by atoms with Crippen molar-refractivity contribution in [1.82, 2.24) is 24.9 Å². The normalized spacial score (nSPS) is 11.8. The van der Waals surface area contributed by atoms with Crippen molar-refractivity contribution in [2.24, 2.45) is 0 Å². The third-order valence-electron chi connectivity index (χ3n) is 8.75. The van der Waals surface area contributed by atoms with E-state index in [4.69, 9.17) is 34.1 Å². The number of hydrogen-bond donors (Lipinski definition) is 1. The van der Waals surface area contributed by atoms with Gasteiger partial charge in [-0.2, -0.15) is 9.97 Å². The molecule has 53 heavy (non-hydrogen) atoms. The van der Waals surface area contributed by atoms with Crippen LogP contribution in [0.2, 0.25) is 0 Å². The lowest BCUT2D eigenvalue weighted by Gasteiger charge is -2.24. The molecule has 6 aromatic rings. The maximum atomic E-state index is 12.1. The average molecular weight is 732 g/mol. The van der Waals surface area contributed by atoms with Crippen molar-refractivity contribution in [3.8, 4) is 28.8 Å². The van der Waals surface area contributed by atoms with Gasteiger partial charge in [-0.1, -0.05) is 43.3 Å². The van der Waals surface area contributed by atoms with E-state index in [1.807, 2.05) is 86.6 Å². The Balaban J connectivity index is 1.43. The van der Waals surface area contributed by atoms with Gasteiger partial charge in [0, 0.05) is 37.5 Å². The van der Waals surface area contributed by atoms with E-state index >= 15 is 0 Å². The molecule has 0 fully saturated rings. The number of benzene rings is 3. The zero-order chi connectivity index (χ0) is 37.5. The van der Waals surface area contributed by atoms with Crippen LogP contribution >= 0.6 is 0 Å². The Morgan fingerprint density at radius 2 is 1.34 bits per heavy atom. The van der Waals surface area contributed by atoms with E-state index in [1.54, 1.807) is 51.9 Å². The van der Waals surface area contributed by atoms with Crippen molar-refractivity contribution < 1.29 is 22.6 Å². The topological polar surface area (TPSA) is 142 Å². The van der Waals surface area contributed by atoms with Gasteiger partial charge in [-0.05, 0) is 77.7 Å². The van der Waals surface area contributed by atoms with Gasteiger partial charge in [0.05, 0.1) is 43.7 Å². The van der Waals surface area contributed by atoms with Crippen molar-refractivity contribution in [1.29, 1.82) is 0 Å². The molecule has 0 saturated carbocycles. The van der Waals surface area contributed by atoms with Crippen LogP contribution in [0.1, 0.15) is 40.9 Å². The molecule has 0 amide bonds. The van der Waals surface area contributed by atoms with Gasteiger partial charge in [0.2, 0.25) is 11.8 Å². The highest BCUT2D eigenvalue weighted by Gasteiger charge is 2.20. The van der Waals surface area contributed by atoms with Crippen LogP contribution in [0.15, 0.2) is 108 Å². The number of pyridine rings is 2. The second-order valence-electron chi connectivity index (χ2n) is 12.5. The van der Waals surface area contributed by atoms with E-state index in [-0.39, 0.29) is 10.8 Å². The van der Waals surface area contributed by atoms with Gasteiger partial charge in [0.15, 0.2) is 15.7 Å². The van der Waals surface area contributed by atoms with Crippen LogP contribution in [0.5, 0.6) is 17.4 Å². The summed E-state index contributed by atoms with van der Waals surface area (Å²) in [6.45, 7) is 4.92. The van der Waals surface area contributed by atoms with Crippen LogP contribution in [0.25, 0.3) is 11.4 Å². The van der Waals surface area contributed by atoms with Crippen molar-refractivity contribution in [3.05, 3.63) is 131 Å². The van der Waals surface area contributed by atoms with Crippen LogP contribution < -0.4 is 24.4 Å². The molecule has 0 aliphatic rings. The standard InChI is InChI=1S/C40H41N7O5S/c1-26(30-11-18-35(19-12-30)53(6,48)49)31-21-36(38(42-22-31)45-32-13-20-37(52-5)41-23-32)39-43-27(2)44-40(46-39)47(24-28-7-14-33(50-3)15-8-28)25-29-9-16-34(51-4)17-10-29/h7-23,26H,24-25H2,1-6H3,(H,42,45). The van der Waals surface area contributed by atoms with Gasteiger partial charge in [-0.3, -0.25) is 0 Å². The number of sulfone groups is 1. The first kappa shape index (κ1) is 36.7. The smallest absolute Gasteiger partial charge is 0.229 e. The SMILES string of the molecule is COc1ccc(CN(Cc2ccc(OC)cc2)c2nc(C)nc(-c3cc(C(C)c4ccc(S(C)(=O)=O)cc4)cnc3Nc3ccc(OC)nc3)n2)cc1. The second-order valence-corrected chi connectivity index (χ2v) is 14.5. The fraction of sp³-hybridized carbons (Fsp3) is 0.225.